The third-order valence-electron chi connectivity index (χ3n) is 4.35. The highest BCUT2D eigenvalue weighted by Gasteiger charge is 2.43. The molecular formula is C16H24N4O3. The van der Waals surface area contributed by atoms with Crippen molar-refractivity contribution in [1.82, 2.24) is 19.8 Å². The van der Waals surface area contributed by atoms with Crippen LogP contribution >= 0.6 is 0 Å². The fourth-order valence-corrected chi connectivity index (χ4v) is 3.08. The maximum atomic E-state index is 12.4. The maximum Gasteiger partial charge on any atom is 0.246 e. The molecule has 2 rings (SSSR count). The Morgan fingerprint density at radius 3 is 2.65 bits per heavy atom. The number of nitrogens with one attached hydrogen (secondary N) is 1. The summed E-state index contributed by atoms with van der Waals surface area (Å²) in [6.07, 6.45) is 7.59. The fourth-order valence-electron chi connectivity index (χ4n) is 3.08. The van der Waals surface area contributed by atoms with Crippen LogP contribution in [0.1, 0.15) is 18.5 Å². The van der Waals surface area contributed by atoms with Gasteiger partial charge in [0.15, 0.2) is 0 Å². The van der Waals surface area contributed by atoms with E-state index in [2.05, 4.69) is 9.97 Å². The van der Waals surface area contributed by atoms with Crippen molar-refractivity contribution in [2.24, 2.45) is 5.92 Å². The van der Waals surface area contributed by atoms with Crippen LogP contribution < -0.4 is 0 Å². The van der Waals surface area contributed by atoms with E-state index in [1.807, 2.05) is 0 Å². The van der Waals surface area contributed by atoms with E-state index in [-0.39, 0.29) is 29.9 Å². The Labute approximate surface area is 136 Å². The van der Waals surface area contributed by atoms with E-state index in [0.717, 1.165) is 18.5 Å². The van der Waals surface area contributed by atoms with Crippen LogP contribution in [0.15, 0.2) is 18.6 Å². The summed E-state index contributed by atoms with van der Waals surface area (Å²) in [5, 5.41) is 0. The molecule has 1 aromatic rings. The molecule has 1 aliphatic rings. The first-order chi connectivity index (χ1) is 11.0. The Morgan fingerprint density at radius 1 is 1.35 bits per heavy atom. The van der Waals surface area contributed by atoms with Crippen LogP contribution in [-0.4, -0.2) is 72.0 Å². The van der Waals surface area contributed by atoms with Gasteiger partial charge in [0.1, 0.15) is 0 Å². The van der Waals surface area contributed by atoms with E-state index in [1.54, 1.807) is 56.7 Å². The quantitative estimate of drug-likeness (QED) is 0.813. The molecule has 3 atom stereocenters. The number of likely N-dealkylation sites (N-methyl/N-ethyl adjacent to an activating group) is 1. The van der Waals surface area contributed by atoms with Gasteiger partial charge in [-0.05, 0) is 18.9 Å². The minimum atomic E-state index is -0.278. The zero-order valence-electron chi connectivity index (χ0n) is 14.0. The Kier molecular flexibility index (Phi) is 5.54. The van der Waals surface area contributed by atoms with Crippen LogP contribution in [0.3, 0.4) is 0 Å². The van der Waals surface area contributed by atoms with Crippen molar-refractivity contribution in [3.8, 4) is 0 Å². The molecule has 0 unspecified atom stereocenters. The van der Waals surface area contributed by atoms with Gasteiger partial charge >= 0.3 is 0 Å². The normalized spacial score (nSPS) is 24.1. The van der Waals surface area contributed by atoms with Crippen LogP contribution in [0.5, 0.6) is 0 Å². The highest BCUT2D eigenvalue weighted by molar-refractivity contribution is 5.91. The standard InChI is InChI=1S/C16H24N4O3/c1-19(2)16(22)12-6-7-13(15(12)23-4)20(3)14(21)8-5-11-9-17-10-18-11/h5,8-10,12-13,15H,6-7H2,1-4H3,(H,17,18)/b8-5+/t12-,13-,15+/m1/s1. The molecule has 0 radical (unpaired) electrons. The number of rotatable bonds is 5. The summed E-state index contributed by atoms with van der Waals surface area (Å²) >= 11 is 0. The summed E-state index contributed by atoms with van der Waals surface area (Å²) in [6, 6.07) is -0.104. The molecule has 1 saturated carbocycles. The average molecular weight is 320 g/mol. The van der Waals surface area contributed by atoms with Crippen molar-refractivity contribution in [1.29, 1.82) is 0 Å². The molecule has 1 fully saturated rings. The number of carbonyl (C=O) groups is 2. The number of amides is 2. The lowest BCUT2D eigenvalue weighted by atomic mass is 10.0. The third-order valence-corrected chi connectivity index (χ3v) is 4.35. The summed E-state index contributed by atoms with van der Waals surface area (Å²) in [7, 11) is 6.82. The molecule has 7 heteroatoms. The first-order valence-corrected chi connectivity index (χ1v) is 7.63. The number of ether oxygens (including phenoxy) is 1. The molecule has 0 spiro atoms. The number of imidazole rings is 1. The maximum absolute atomic E-state index is 12.4. The number of aromatic amines is 1. The van der Waals surface area contributed by atoms with Crippen LogP contribution in [-0.2, 0) is 14.3 Å². The molecule has 0 bridgehead atoms. The van der Waals surface area contributed by atoms with Gasteiger partial charge in [-0.15, -0.1) is 0 Å². The molecule has 1 aromatic heterocycles. The van der Waals surface area contributed by atoms with Crippen molar-refractivity contribution in [2.45, 2.75) is 25.0 Å². The number of hydrogen-bond acceptors (Lipinski definition) is 4. The van der Waals surface area contributed by atoms with E-state index in [1.165, 1.54) is 6.08 Å². The van der Waals surface area contributed by atoms with Crippen molar-refractivity contribution in [3.63, 3.8) is 0 Å². The second-order valence-electron chi connectivity index (χ2n) is 5.97. The molecule has 7 nitrogen and oxygen atoms in total. The number of hydrogen-bond donors (Lipinski definition) is 1. The van der Waals surface area contributed by atoms with E-state index in [4.69, 9.17) is 4.74 Å². The van der Waals surface area contributed by atoms with Gasteiger partial charge in [-0.2, -0.15) is 0 Å². The monoisotopic (exact) mass is 320 g/mol. The largest absolute Gasteiger partial charge is 0.378 e. The molecule has 1 heterocycles. The molecular weight excluding hydrogens is 296 g/mol. The van der Waals surface area contributed by atoms with E-state index >= 15 is 0 Å². The Bertz CT molecular complexity index is 568. The Balaban J connectivity index is 2.05. The minimum absolute atomic E-state index is 0.0493. The van der Waals surface area contributed by atoms with Crippen molar-refractivity contribution >= 4 is 17.9 Å². The van der Waals surface area contributed by atoms with Gasteiger partial charge in [0.05, 0.1) is 36.3 Å². The van der Waals surface area contributed by atoms with E-state index in [9.17, 15) is 9.59 Å². The molecule has 0 aromatic carbocycles. The second kappa shape index (κ2) is 7.41. The number of methoxy groups -OCH3 is 1. The van der Waals surface area contributed by atoms with E-state index in [0.29, 0.717) is 0 Å². The lowest BCUT2D eigenvalue weighted by Gasteiger charge is -2.30. The highest BCUT2D eigenvalue weighted by atomic mass is 16.5. The molecule has 1 N–H and O–H groups in total. The minimum Gasteiger partial charge on any atom is -0.378 e. The van der Waals surface area contributed by atoms with Gasteiger partial charge in [-0.25, -0.2) is 4.98 Å². The lowest BCUT2D eigenvalue weighted by Crippen LogP contribution is -2.46. The number of carbonyl (C=O) groups excluding carboxylic acids is 2. The van der Waals surface area contributed by atoms with E-state index < -0.39 is 0 Å². The Hall–Kier alpha value is -2.15. The molecule has 0 saturated heterocycles. The van der Waals surface area contributed by atoms with Gasteiger partial charge < -0.3 is 19.5 Å². The highest BCUT2D eigenvalue weighted by Crippen LogP contribution is 2.32. The SMILES string of the molecule is CO[C@@H]1[C@H](N(C)C(=O)/C=C/c2cnc[nH]2)CC[C@H]1C(=O)N(C)C. The summed E-state index contributed by atoms with van der Waals surface area (Å²) < 4.78 is 5.55. The van der Waals surface area contributed by atoms with Gasteiger partial charge in [0.25, 0.3) is 0 Å². The van der Waals surface area contributed by atoms with Gasteiger partial charge in [-0.1, -0.05) is 0 Å². The second-order valence-corrected chi connectivity index (χ2v) is 5.97. The molecule has 1 aliphatic carbocycles. The summed E-state index contributed by atoms with van der Waals surface area (Å²) in [4.78, 5) is 34.7. The molecule has 2 amide bonds. The van der Waals surface area contributed by atoms with Crippen molar-refractivity contribution in [3.05, 3.63) is 24.3 Å². The first-order valence-electron chi connectivity index (χ1n) is 7.63. The van der Waals surface area contributed by atoms with Gasteiger partial charge in [-0.3, -0.25) is 9.59 Å². The summed E-state index contributed by atoms with van der Waals surface area (Å²) in [5.41, 5.74) is 0.766. The molecule has 126 valence electrons. The topological polar surface area (TPSA) is 78.5 Å². The molecule has 0 aliphatic heterocycles. The smallest absolute Gasteiger partial charge is 0.246 e. The first kappa shape index (κ1) is 17.2. The average Bonchev–Trinajstić information content (AvgIpc) is 3.19. The summed E-state index contributed by atoms with van der Waals surface area (Å²) in [5.74, 6) is -0.273. The van der Waals surface area contributed by atoms with Crippen LogP contribution in [0, 0.1) is 5.92 Å². The van der Waals surface area contributed by atoms with Crippen LogP contribution in [0.25, 0.3) is 6.08 Å². The third kappa shape index (κ3) is 3.79. The fraction of sp³-hybridized carbons (Fsp3) is 0.562. The van der Waals surface area contributed by atoms with Gasteiger partial charge in [0, 0.05) is 34.3 Å². The van der Waals surface area contributed by atoms with Crippen molar-refractivity contribution in [2.75, 3.05) is 28.3 Å². The molecule has 23 heavy (non-hydrogen) atoms. The predicted molar refractivity (Wildman–Crippen MR) is 86.4 cm³/mol. The number of H-pyrrole nitrogens is 1. The van der Waals surface area contributed by atoms with Crippen LogP contribution in [0.2, 0.25) is 0 Å². The van der Waals surface area contributed by atoms with Crippen molar-refractivity contribution < 1.29 is 14.3 Å². The van der Waals surface area contributed by atoms with Crippen LogP contribution in [0.4, 0.5) is 0 Å². The Morgan fingerprint density at radius 2 is 2.09 bits per heavy atom. The predicted octanol–water partition coefficient (Wildman–Crippen LogP) is 0.763. The lowest BCUT2D eigenvalue weighted by molar-refractivity contribution is -0.139. The van der Waals surface area contributed by atoms with Gasteiger partial charge in [0.2, 0.25) is 11.8 Å². The summed E-state index contributed by atoms with van der Waals surface area (Å²) in [6.45, 7) is 0. The number of aromatic nitrogens is 2. The zero-order chi connectivity index (χ0) is 17.0. The number of nitrogens with zero attached hydrogens (tertiary/aromatic N) is 3. The zero-order valence-corrected chi connectivity index (χ0v) is 14.0.